The van der Waals surface area contributed by atoms with E-state index >= 15 is 0 Å². The van der Waals surface area contributed by atoms with Crippen molar-refractivity contribution in [2.45, 2.75) is 12.7 Å². The molecule has 1 aliphatic rings. The van der Waals surface area contributed by atoms with Gasteiger partial charge in [0.15, 0.2) is 0 Å². The fourth-order valence-electron chi connectivity index (χ4n) is 2.48. The lowest BCUT2D eigenvalue weighted by Crippen LogP contribution is -2.38. The van der Waals surface area contributed by atoms with Crippen molar-refractivity contribution in [3.05, 3.63) is 59.7 Å². The molecule has 0 spiro atoms. The van der Waals surface area contributed by atoms with E-state index in [1.165, 1.54) is 4.31 Å². The van der Waals surface area contributed by atoms with Gasteiger partial charge in [0.1, 0.15) is 12.4 Å². The fraction of sp³-hybridized carbons (Fsp3) is 0.250. The Morgan fingerprint density at radius 1 is 1.10 bits per heavy atom. The molecule has 0 aliphatic carbocycles. The summed E-state index contributed by atoms with van der Waals surface area (Å²) < 4.78 is 32.5. The van der Waals surface area contributed by atoms with E-state index in [1.54, 1.807) is 12.1 Å². The molecule has 2 aromatic carbocycles. The van der Waals surface area contributed by atoms with Gasteiger partial charge in [-0.25, -0.2) is 8.42 Å². The summed E-state index contributed by atoms with van der Waals surface area (Å²) >= 11 is 0. The molecule has 21 heavy (non-hydrogen) atoms. The summed E-state index contributed by atoms with van der Waals surface area (Å²) in [5.74, 6) is 0.630. The topological polar surface area (TPSA) is 46.6 Å². The zero-order valence-corrected chi connectivity index (χ0v) is 12.6. The lowest BCUT2D eigenvalue weighted by atomic mass is 10.1. The van der Waals surface area contributed by atoms with Gasteiger partial charge in [-0.3, -0.25) is 4.31 Å². The van der Waals surface area contributed by atoms with Crippen LogP contribution in [0.15, 0.2) is 48.5 Å². The van der Waals surface area contributed by atoms with Crippen LogP contribution in [0, 0.1) is 6.92 Å². The molecular weight excluding hydrogens is 286 g/mol. The van der Waals surface area contributed by atoms with Crippen molar-refractivity contribution >= 4 is 15.7 Å². The molecule has 0 radical (unpaired) electrons. The highest BCUT2D eigenvalue weighted by Crippen LogP contribution is 2.33. The lowest BCUT2D eigenvalue weighted by Gasteiger charge is -2.30. The first-order chi connectivity index (χ1) is 10.1. The molecule has 0 bridgehead atoms. The van der Waals surface area contributed by atoms with Gasteiger partial charge in [-0.15, -0.1) is 0 Å². The van der Waals surface area contributed by atoms with Crippen molar-refractivity contribution in [1.29, 1.82) is 0 Å². The second-order valence-electron chi connectivity index (χ2n) is 5.07. The Balaban J connectivity index is 1.95. The molecule has 0 fully saturated rings. The third-order valence-corrected chi connectivity index (χ3v) is 5.35. The predicted octanol–water partition coefficient (Wildman–Crippen LogP) is 2.72. The molecule has 0 saturated heterocycles. The molecule has 2 aromatic rings. The van der Waals surface area contributed by atoms with E-state index < -0.39 is 10.0 Å². The van der Waals surface area contributed by atoms with E-state index in [1.807, 2.05) is 43.3 Å². The molecule has 0 unspecified atom stereocenters. The average Bonchev–Trinajstić information content (AvgIpc) is 2.49. The zero-order chi connectivity index (χ0) is 14.9. The van der Waals surface area contributed by atoms with Crippen LogP contribution in [-0.4, -0.2) is 21.6 Å². The third-order valence-electron chi connectivity index (χ3n) is 3.62. The van der Waals surface area contributed by atoms with Gasteiger partial charge in [0.05, 0.1) is 18.0 Å². The zero-order valence-electron chi connectivity index (χ0n) is 11.8. The van der Waals surface area contributed by atoms with E-state index in [0.29, 0.717) is 24.6 Å². The van der Waals surface area contributed by atoms with Gasteiger partial charge in [0, 0.05) is 0 Å². The van der Waals surface area contributed by atoms with Crippen molar-refractivity contribution < 1.29 is 13.2 Å². The fourth-order valence-corrected chi connectivity index (χ4v) is 4.16. The highest BCUT2D eigenvalue weighted by Gasteiger charge is 2.28. The van der Waals surface area contributed by atoms with Crippen LogP contribution in [0.4, 0.5) is 5.69 Å². The number of benzene rings is 2. The largest absolute Gasteiger partial charge is 0.489 e. The first-order valence-electron chi connectivity index (χ1n) is 6.85. The summed E-state index contributed by atoms with van der Waals surface area (Å²) in [6.07, 6.45) is 0. The van der Waals surface area contributed by atoms with Gasteiger partial charge in [-0.05, 0) is 30.2 Å². The molecule has 1 heterocycles. The molecule has 0 aromatic heterocycles. The van der Waals surface area contributed by atoms with Crippen molar-refractivity contribution in [3.8, 4) is 5.75 Å². The van der Waals surface area contributed by atoms with Crippen LogP contribution in [-0.2, 0) is 15.8 Å². The Labute approximate surface area is 125 Å². The van der Waals surface area contributed by atoms with E-state index in [9.17, 15) is 8.42 Å². The summed E-state index contributed by atoms with van der Waals surface area (Å²) in [4.78, 5) is 0. The molecule has 5 heteroatoms. The molecule has 0 atom stereocenters. The first kappa shape index (κ1) is 13.9. The Morgan fingerprint density at radius 2 is 1.81 bits per heavy atom. The second kappa shape index (κ2) is 5.41. The average molecular weight is 303 g/mol. The van der Waals surface area contributed by atoms with Gasteiger partial charge in [0.25, 0.3) is 0 Å². The third kappa shape index (κ3) is 2.74. The van der Waals surface area contributed by atoms with Crippen molar-refractivity contribution in [3.63, 3.8) is 0 Å². The number of rotatable bonds is 3. The minimum absolute atomic E-state index is 0.00794. The Hall–Kier alpha value is -2.01. The van der Waals surface area contributed by atoms with Crippen LogP contribution in [0.25, 0.3) is 0 Å². The normalized spacial score (nSPS) is 14.4. The van der Waals surface area contributed by atoms with E-state index in [2.05, 4.69) is 0 Å². The molecule has 0 saturated carbocycles. The molecule has 1 aliphatic heterocycles. The maximum absolute atomic E-state index is 12.7. The van der Waals surface area contributed by atoms with Gasteiger partial charge < -0.3 is 4.74 Å². The monoisotopic (exact) mass is 303 g/mol. The number of anilines is 1. The number of hydrogen-bond donors (Lipinski definition) is 0. The summed E-state index contributed by atoms with van der Waals surface area (Å²) in [7, 11) is -3.42. The molecular formula is C16H17NO3S. The number of nitrogens with zero attached hydrogens (tertiary/aromatic N) is 1. The van der Waals surface area contributed by atoms with Crippen LogP contribution < -0.4 is 9.04 Å². The van der Waals surface area contributed by atoms with Crippen LogP contribution in [0.3, 0.4) is 0 Å². The van der Waals surface area contributed by atoms with E-state index in [-0.39, 0.29) is 5.75 Å². The summed E-state index contributed by atoms with van der Waals surface area (Å²) in [6.45, 7) is 2.66. The predicted molar refractivity (Wildman–Crippen MR) is 83.1 cm³/mol. The maximum atomic E-state index is 12.7. The minimum Gasteiger partial charge on any atom is -0.489 e. The highest BCUT2D eigenvalue weighted by atomic mass is 32.2. The van der Waals surface area contributed by atoms with Crippen LogP contribution in [0.5, 0.6) is 5.75 Å². The first-order valence-corrected chi connectivity index (χ1v) is 8.45. The Kier molecular flexibility index (Phi) is 3.59. The van der Waals surface area contributed by atoms with Crippen LogP contribution in [0.2, 0.25) is 0 Å². The van der Waals surface area contributed by atoms with Crippen molar-refractivity contribution in [1.82, 2.24) is 0 Å². The van der Waals surface area contributed by atoms with Crippen molar-refractivity contribution in [2.75, 3.05) is 17.5 Å². The summed E-state index contributed by atoms with van der Waals surface area (Å²) in [5, 5.41) is 0. The number of hydrogen-bond acceptors (Lipinski definition) is 3. The van der Waals surface area contributed by atoms with Gasteiger partial charge >= 0.3 is 0 Å². The molecule has 110 valence electrons. The molecule has 3 rings (SSSR count). The van der Waals surface area contributed by atoms with E-state index in [0.717, 1.165) is 11.1 Å². The van der Waals surface area contributed by atoms with Gasteiger partial charge in [0.2, 0.25) is 10.0 Å². The standard InChI is InChI=1S/C16H17NO3S/c1-13-6-2-3-7-14(13)12-21(18,19)17-10-11-20-16-9-5-4-8-15(16)17/h2-9H,10-12H2,1H3. The number of aryl methyl sites for hydroxylation is 1. The maximum Gasteiger partial charge on any atom is 0.239 e. The van der Waals surface area contributed by atoms with Crippen LogP contribution >= 0.6 is 0 Å². The number of fused-ring (bicyclic) bond motifs is 1. The van der Waals surface area contributed by atoms with Gasteiger partial charge in [-0.1, -0.05) is 36.4 Å². The summed E-state index contributed by atoms with van der Waals surface area (Å²) in [5.41, 5.74) is 2.45. The number of ether oxygens (including phenoxy) is 1. The molecule has 0 N–H and O–H groups in total. The highest BCUT2D eigenvalue weighted by molar-refractivity contribution is 7.92. The SMILES string of the molecule is Cc1ccccc1CS(=O)(=O)N1CCOc2ccccc21. The quantitative estimate of drug-likeness (QED) is 0.876. The minimum atomic E-state index is -3.42. The smallest absolute Gasteiger partial charge is 0.239 e. The van der Waals surface area contributed by atoms with Crippen molar-refractivity contribution in [2.24, 2.45) is 0 Å². The number of sulfonamides is 1. The summed E-state index contributed by atoms with van der Waals surface area (Å²) in [6, 6.07) is 14.8. The number of para-hydroxylation sites is 2. The van der Waals surface area contributed by atoms with Gasteiger partial charge in [-0.2, -0.15) is 0 Å². The lowest BCUT2D eigenvalue weighted by molar-refractivity contribution is 0.316. The Morgan fingerprint density at radius 3 is 2.62 bits per heavy atom. The Bertz CT molecular complexity index is 756. The second-order valence-corrected chi connectivity index (χ2v) is 6.96. The van der Waals surface area contributed by atoms with E-state index in [4.69, 9.17) is 4.74 Å². The molecule has 0 amide bonds. The molecule has 4 nitrogen and oxygen atoms in total. The van der Waals surface area contributed by atoms with Crippen LogP contribution in [0.1, 0.15) is 11.1 Å².